The molecule has 0 spiro atoms. The zero-order valence-electron chi connectivity index (χ0n) is 32.7. The summed E-state index contributed by atoms with van der Waals surface area (Å²) >= 11 is 0. The van der Waals surface area contributed by atoms with E-state index in [0.29, 0.717) is 48.1 Å². The number of morpholine rings is 1. The molecule has 5 aliphatic rings. The molecule has 12 heteroatoms. The number of ether oxygens (including phenoxy) is 3. The van der Waals surface area contributed by atoms with Crippen LogP contribution in [0.5, 0.6) is 17.2 Å². The minimum absolute atomic E-state index is 0. The van der Waals surface area contributed by atoms with Crippen molar-refractivity contribution in [3.8, 4) is 28.5 Å². The van der Waals surface area contributed by atoms with Gasteiger partial charge in [-0.15, -0.1) is 12.4 Å². The number of rotatable bonds is 7. The average Bonchev–Trinajstić information content (AvgIpc) is 3.98. The van der Waals surface area contributed by atoms with Crippen LogP contribution in [0.15, 0.2) is 84.9 Å². The van der Waals surface area contributed by atoms with Gasteiger partial charge in [0.2, 0.25) is 6.79 Å². The number of hydrogen-bond acceptors (Lipinski definition) is 8. The fourth-order valence-corrected chi connectivity index (χ4v) is 9.41. The molecule has 11 nitrogen and oxygen atoms in total. The summed E-state index contributed by atoms with van der Waals surface area (Å²) in [7, 11) is 2.08. The van der Waals surface area contributed by atoms with Crippen LogP contribution < -0.4 is 19.3 Å². The molecule has 5 aromatic rings. The summed E-state index contributed by atoms with van der Waals surface area (Å²) in [6.07, 6.45) is 4.37. The molecule has 2 amide bonds. The van der Waals surface area contributed by atoms with E-state index in [-0.39, 0.29) is 42.8 Å². The van der Waals surface area contributed by atoms with Crippen molar-refractivity contribution in [2.45, 2.75) is 51.2 Å². The molecule has 1 fully saturated rings. The smallest absolute Gasteiger partial charge is 0.264 e. The summed E-state index contributed by atoms with van der Waals surface area (Å²) in [4.78, 5) is 38.9. The van der Waals surface area contributed by atoms with Gasteiger partial charge in [0.15, 0.2) is 11.5 Å². The van der Waals surface area contributed by atoms with Crippen molar-refractivity contribution in [3.63, 3.8) is 0 Å². The van der Waals surface area contributed by atoms with Crippen molar-refractivity contribution >= 4 is 41.3 Å². The Balaban J connectivity index is 0.00000436. The Kier molecular flexibility index (Phi) is 10.3. The second-order valence-electron chi connectivity index (χ2n) is 15.9. The van der Waals surface area contributed by atoms with Gasteiger partial charge in [-0.2, -0.15) is 0 Å². The van der Waals surface area contributed by atoms with Crippen molar-refractivity contribution in [2.75, 3.05) is 63.0 Å². The molecule has 300 valence electrons. The van der Waals surface area contributed by atoms with Crippen molar-refractivity contribution in [3.05, 3.63) is 118 Å². The molecule has 0 saturated carbocycles. The molecule has 1 saturated heterocycles. The van der Waals surface area contributed by atoms with E-state index < -0.39 is 0 Å². The molecule has 0 radical (unpaired) electrons. The predicted octanol–water partition coefficient (Wildman–Crippen LogP) is 7.22. The third-order valence-electron chi connectivity index (χ3n) is 12.5. The molecule has 0 bridgehead atoms. The number of fused-ring (bicyclic) bond motifs is 4. The highest BCUT2D eigenvalue weighted by Gasteiger charge is 2.36. The van der Waals surface area contributed by atoms with Crippen LogP contribution in [0.2, 0.25) is 0 Å². The number of anilines is 3. The van der Waals surface area contributed by atoms with Crippen molar-refractivity contribution in [1.29, 1.82) is 0 Å². The summed E-state index contributed by atoms with van der Waals surface area (Å²) in [5.74, 6) is 1.04. The molecule has 1 atom stereocenters. The lowest BCUT2D eigenvalue weighted by Crippen LogP contribution is -2.52. The zero-order valence-corrected chi connectivity index (χ0v) is 33.5. The molecule has 0 aliphatic carbocycles. The molecular weight excluding hydrogens is 754 g/mol. The maximum Gasteiger partial charge on any atom is 0.264 e. The molecule has 58 heavy (non-hydrogen) atoms. The van der Waals surface area contributed by atoms with Crippen molar-refractivity contribution < 1.29 is 28.9 Å². The Bertz CT molecular complexity index is 2370. The minimum atomic E-state index is -0.162. The molecule has 5 aliphatic heterocycles. The van der Waals surface area contributed by atoms with Crippen LogP contribution in [0.25, 0.3) is 11.3 Å². The van der Waals surface area contributed by atoms with Gasteiger partial charge in [0, 0.05) is 80.7 Å². The van der Waals surface area contributed by atoms with E-state index in [9.17, 15) is 5.11 Å². The summed E-state index contributed by atoms with van der Waals surface area (Å²) in [6.45, 7) is 6.06. The highest BCUT2D eigenvalue weighted by atomic mass is 35.5. The van der Waals surface area contributed by atoms with Crippen LogP contribution in [0.1, 0.15) is 55.9 Å². The first-order valence-corrected chi connectivity index (χ1v) is 20.2. The topological polar surface area (TPSA) is 100.0 Å². The van der Waals surface area contributed by atoms with Gasteiger partial charge in [-0.3, -0.25) is 19.4 Å². The Morgan fingerprint density at radius 1 is 0.793 bits per heavy atom. The molecule has 10 rings (SSSR count). The van der Waals surface area contributed by atoms with E-state index in [0.717, 1.165) is 98.7 Å². The van der Waals surface area contributed by atoms with Gasteiger partial charge in [-0.05, 0) is 103 Å². The van der Waals surface area contributed by atoms with Gasteiger partial charge >= 0.3 is 0 Å². The van der Waals surface area contributed by atoms with Crippen LogP contribution in [-0.2, 0) is 37.1 Å². The number of amides is 2. The predicted molar refractivity (Wildman–Crippen MR) is 225 cm³/mol. The second-order valence-corrected chi connectivity index (χ2v) is 15.9. The first-order chi connectivity index (χ1) is 27.9. The number of likely N-dealkylation sites (N-methyl/N-ethyl adjacent to an activating group) is 1. The van der Waals surface area contributed by atoms with Crippen molar-refractivity contribution in [1.82, 2.24) is 14.4 Å². The van der Waals surface area contributed by atoms with Gasteiger partial charge < -0.3 is 33.7 Å². The van der Waals surface area contributed by atoms with E-state index in [4.69, 9.17) is 14.2 Å². The molecule has 1 N–H and O–H groups in total. The largest absolute Gasteiger partial charge is 0.508 e. The van der Waals surface area contributed by atoms with Gasteiger partial charge in [0.25, 0.3) is 11.8 Å². The number of aromatic hydroxyl groups is 1. The van der Waals surface area contributed by atoms with Gasteiger partial charge in [0.05, 0.1) is 30.0 Å². The SMILES string of the molecule is CN1CCc2ccc(N(C(=O)c3cc(-c4cc5c(cc4C(=O)N4Cc6ccccc6C[C@H]4CN4CCOCC4)OCO5)n4c3CCCC4)c3ccc(O)cc3)cc21.Cl. The fourth-order valence-electron chi connectivity index (χ4n) is 9.41. The number of carbonyl (C=O) groups excluding carboxylic acids is 2. The number of halogens is 1. The normalized spacial score (nSPS) is 18.3. The minimum Gasteiger partial charge on any atom is -0.508 e. The van der Waals surface area contributed by atoms with Crippen LogP contribution in [0.4, 0.5) is 17.1 Å². The summed E-state index contributed by atoms with van der Waals surface area (Å²) in [6, 6.07) is 27.2. The van der Waals surface area contributed by atoms with E-state index in [1.54, 1.807) is 29.2 Å². The molecule has 6 heterocycles. The lowest BCUT2D eigenvalue weighted by Gasteiger charge is -2.40. The fraction of sp³-hybridized carbons (Fsp3) is 0.348. The second kappa shape index (κ2) is 15.7. The van der Waals surface area contributed by atoms with Gasteiger partial charge in [0.1, 0.15) is 5.75 Å². The Labute approximate surface area is 344 Å². The molecular formula is C46H48ClN5O6. The van der Waals surface area contributed by atoms with E-state index >= 15 is 9.59 Å². The lowest BCUT2D eigenvalue weighted by molar-refractivity contribution is 0.0193. The molecule has 1 aromatic heterocycles. The number of aromatic nitrogens is 1. The maximum absolute atomic E-state index is 15.3. The number of hydrogen-bond donors (Lipinski definition) is 1. The number of carbonyl (C=O) groups is 2. The lowest BCUT2D eigenvalue weighted by atomic mass is 9.92. The molecule has 0 unspecified atom stereocenters. The highest BCUT2D eigenvalue weighted by molar-refractivity contribution is 6.13. The zero-order chi connectivity index (χ0) is 38.6. The van der Waals surface area contributed by atoms with E-state index in [1.165, 1.54) is 11.1 Å². The number of phenols is 1. The standard InChI is InChI=1S/C46H47N5O6.ClH/c1-47-17-15-30-9-10-34(23-41(30)47)51(33-11-13-36(52)14-12-33)46(54)39-24-42(49-16-5-4-8-40(39)49)37-25-43-44(57-29-56-43)26-38(37)45(53)50-27-32-7-3-2-6-31(32)22-35(50)28-48-18-20-55-21-19-48;/h2-3,6-7,9-14,23-26,35,52H,4-5,8,15-22,27-29H2,1H3;1H/t35-;/m0./s1. The first kappa shape index (κ1) is 38.1. The molecule has 4 aromatic carbocycles. The van der Waals surface area contributed by atoms with Gasteiger partial charge in [-0.1, -0.05) is 30.3 Å². The van der Waals surface area contributed by atoms with E-state index in [1.807, 2.05) is 35.2 Å². The number of nitrogens with zero attached hydrogens (tertiary/aromatic N) is 5. The quantitative estimate of drug-likeness (QED) is 0.184. The van der Waals surface area contributed by atoms with Crippen LogP contribution in [0, 0.1) is 0 Å². The highest BCUT2D eigenvalue weighted by Crippen LogP contribution is 2.43. The summed E-state index contributed by atoms with van der Waals surface area (Å²) in [5.41, 5.74) is 9.85. The number of phenolic OH excluding ortho intramolecular Hbond substituents is 1. The third-order valence-corrected chi connectivity index (χ3v) is 12.5. The first-order valence-electron chi connectivity index (χ1n) is 20.2. The Hall–Kier alpha value is -5.49. The van der Waals surface area contributed by atoms with Crippen LogP contribution >= 0.6 is 12.4 Å². The average molecular weight is 802 g/mol. The number of benzene rings is 4. The Morgan fingerprint density at radius 2 is 1.55 bits per heavy atom. The monoisotopic (exact) mass is 801 g/mol. The third kappa shape index (κ3) is 6.84. The maximum atomic E-state index is 15.3. The van der Waals surface area contributed by atoms with Gasteiger partial charge in [-0.25, -0.2) is 0 Å². The van der Waals surface area contributed by atoms with Crippen molar-refractivity contribution in [2.24, 2.45) is 0 Å². The van der Waals surface area contributed by atoms with Crippen LogP contribution in [-0.4, -0.2) is 90.6 Å². The summed E-state index contributed by atoms with van der Waals surface area (Å²) in [5, 5.41) is 10.2. The summed E-state index contributed by atoms with van der Waals surface area (Å²) < 4.78 is 19.7. The van der Waals surface area contributed by atoms with E-state index in [2.05, 4.69) is 51.7 Å². The Morgan fingerprint density at radius 3 is 2.36 bits per heavy atom. The van der Waals surface area contributed by atoms with Crippen LogP contribution in [0.3, 0.4) is 0 Å².